The van der Waals surface area contributed by atoms with Crippen LogP contribution in [-0.2, 0) is 0 Å². The second kappa shape index (κ2) is 4.24. The molecule has 11 heavy (non-hydrogen) atoms. The Morgan fingerprint density at radius 3 is 2.27 bits per heavy atom. The van der Waals surface area contributed by atoms with Crippen LogP contribution in [0.25, 0.3) is 4.91 Å². The molecule has 1 aromatic rings. The molecule has 0 aliphatic carbocycles. The van der Waals surface area contributed by atoms with Gasteiger partial charge in [-0.2, -0.15) is 12.6 Å². The number of rotatable bonds is 1. The first kappa shape index (κ1) is 9.23. The lowest BCUT2D eigenvalue weighted by molar-refractivity contribution is 1.61. The summed E-state index contributed by atoms with van der Waals surface area (Å²) in [4.78, 5) is 0.876. The van der Waals surface area contributed by atoms with E-state index < -0.39 is 0 Å². The van der Waals surface area contributed by atoms with E-state index in [0.717, 1.165) is 14.9 Å². The Bertz CT molecular complexity index is 264. The average Bonchev–Trinajstić information content (AvgIpc) is 2.05. The lowest BCUT2D eigenvalue weighted by atomic mass is 10.2. The molecule has 0 spiro atoms. The monoisotopic (exact) mass is 246 g/mol. The van der Waals surface area contributed by atoms with Gasteiger partial charge in [0.2, 0.25) is 0 Å². The number of thiol groups is 2. The predicted molar refractivity (Wildman–Crippen MR) is 60.1 cm³/mol. The van der Waals surface area contributed by atoms with E-state index in [-0.39, 0.29) is 0 Å². The number of benzene rings is 1. The third-order valence-corrected chi connectivity index (χ3v) is 2.64. The van der Waals surface area contributed by atoms with Crippen LogP contribution in [0, 0.1) is 0 Å². The van der Waals surface area contributed by atoms with Gasteiger partial charge in [-0.05, 0) is 23.1 Å². The molecule has 0 bridgehead atoms. The van der Waals surface area contributed by atoms with Crippen molar-refractivity contribution in [1.29, 1.82) is 0 Å². The lowest BCUT2D eigenvalue weighted by Crippen LogP contribution is -1.74. The predicted octanol–water partition coefficient (Wildman–Crippen LogP) is 3.61. The van der Waals surface area contributed by atoms with Crippen molar-refractivity contribution < 1.29 is 0 Å². The maximum Gasteiger partial charge on any atom is 0.0175 e. The van der Waals surface area contributed by atoms with Gasteiger partial charge in [0, 0.05) is 9.38 Å². The maximum absolute atomic E-state index is 4.22. The Morgan fingerprint density at radius 1 is 1.27 bits per heavy atom. The van der Waals surface area contributed by atoms with Crippen LogP contribution in [0.4, 0.5) is 0 Å². The van der Waals surface area contributed by atoms with Crippen molar-refractivity contribution in [3.8, 4) is 0 Å². The maximum atomic E-state index is 4.22. The fourth-order valence-electron chi connectivity index (χ4n) is 0.695. The quantitative estimate of drug-likeness (QED) is 0.696. The van der Waals surface area contributed by atoms with Gasteiger partial charge in [-0.15, -0.1) is 12.6 Å². The Labute approximate surface area is 85.6 Å². The van der Waals surface area contributed by atoms with Crippen molar-refractivity contribution in [2.75, 3.05) is 0 Å². The van der Waals surface area contributed by atoms with Gasteiger partial charge in [0.05, 0.1) is 0 Å². The second-order valence-electron chi connectivity index (χ2n) is 2.02. The molecule has 0 amide bonds. The summed E-state index contributed by atoms with van der Waals surface area (Å²) in [5, 5.41) is 1.67. The van der Waals surface area contributed by atoms with Crippen molar-refractivity contribution in [3.05, 3.63) is 39.7 Å². The van der Waals surface area contributed by atoms with Crippen molar-refractivity contribution in [2.45, 2.75) is 0 Å². The zero-order valence-electron chi connectivity index (χ0n) is 5.66. The molecule has 1 aromatic carbocycles. The van der Waals surface area contributed by atoms with Crippen molar-refractivity contribution >= 4 is 46.1 Å². The van der Waals surface area contributed by atoms with Crippen molar-refractivity contribution in [1.82, 2.24) is 0 Å². The zero-order valence-corrected chi connectivity index (χ0v) is 9.03. The van der Waals surface area contributed by atoms with Gasteiger partial charge in [0.1, 0.15) is 0 Å². The largest absolute Gasteiger partial charge is 0.150 e. The topological polar surface area (TPSA) is 0 Å². The Morgan fingerprint density at radius 2 is 1.82 bits per heavy atom. The highest BCUT2D eigenvalue weighted by molar-refractivity contribution is 9.10. The molecule has 0 atom stereocenters. The molecule has 0 nitrogen and oxygen atoms in total. The fraction of sp³-hybridized carbons (Fsp3) is 0. The molecule has 0 N–H and O–H groups in total. The van der Waals surface area contributed by atoms with Gasteiger partial charge in [-0.1, -0.05) is 28.1 Å². The normalized spacial score (nSPS) is 11.7. The summed E-state index contributed by atoms with van der Waals surface area (Å²) < 4.78 is 1.07. The third-order valence-electron chi connectivity index (χ3n) is 1.26. The highest BCUT2D eigenvalue weighted by Crippen LogP contribution is 2.20. The zero-order chi connectivity index (χ0) is 8.27. The van der Waals surface area contributed by atoms with E-state index in [1.165, 1.54) is 0 Å². The highest BCUT2D eigenvalue weighted by Gasteiger charge is 1.93. The van der Waals surface area contributed by atoms with E-state index in [1.807, 2.05) is 24.3 Å². The van der Waals surface area contributed by atoms with Gasteiger partial charge in [0.15, 0.2) is 0 Å². The van der Waals surface area contributed by atoms with Crippen LogP contribution >= 0.6 is 41.2 Å². The molecule has 0 saturated heterocycles. The van der Waals surface area contributed by atoms with Gasteiger partial charge < -0.3 is 0 Å². The molecule has 0 unspecified atom stereocenters. The van der Waals surface area contributed by atoms with Crippen LogP contribution in [0.1, 0.15) is 5.56 Å². The molecule has 0 saturated carbocycles. The molecule has 1 rings (SSSR count). The molecule has 3 heteroatoms. The minimum Gasteiger partial charge on any atom is -0.150 e. The van der Waals surface area contributed by atoms with E-state index in [1.54, 1.807) is 5.41 Å². The summed E-state index contributed by atoms with van der Waals surface area (Å²) >= 11 is 11.6. The molecular formula is C8H7BrS2. The second-order valence-corrected chi connectivity index (χ2v) is 3.68. The number of halogens is 1. The van der Waals surface area contributed by atoms with Gasteiger partial charge >= 0.3 is 0 Å². The SMILES string of the molecule is S/C=C(\S)c1ccc(Br)cc1. The molecule has 58 valence electrons. The molecule has 0 aromatic heterocycles. The van der Waals surface area contributed by atoms with Gasteiger partial charge in [0.25, 0.3) is 0 Å². The number of hydrogen-bond donors (Lipinski definition) is 2. The van der Waals surface area contributed by atoms with E-state index in [4.69, 9.17) is 0 Å². The number of hydrogen-bond acceptors (Lipinski definition) is 2. The highest BCUT2D eigenvalue weighted by atomic mass is 79.9. The Hall–Kier alpha value is 0.140. The summed E-state index contributed by atoms with van der Waals surface area (Å²) in [6.07, 6.45) is 0. The molecule has 0 heterocycles. The minimum atomic E-state index is 0.876. The van der Waals surface area contributed by atoms with Crippen LogP contribution in [0.3, 0.4) is 0 Å². The van der Waals surface area contributed by atoms with Crippen molar-refractivity contribution in [3.63, 3.8) is 0 Å². The fourth-order valence-corrected chi connectivity index (χ4v) is 1.26. The van der Waals surface area contributed by atoms with Gasteiger partial charge in [-0.3, -0.25) is 0 Å². The van der Waals surface area contributed by atoms with Gasteiger partial charge in [-0.25, -0.2) is 0 Å². The summed E-state index contributed by atoms with van der Waals surface area (Å²) in [7, 11) is 0. The van der Waals surface area contributed by atoms with Crippen LogP contribution < -0.4 is 0 Å². The standard InChI is InChI=1S/C8H7BrS2/c9-7-3-1-6(2-4-7)8(11)5-10/h1-5,10-11H/b8-5-. The van der Waals surface area contributed by atoms with E-state index in [9.17, 15) is 0 Å². The van der Waals surface area contributed by atoms with Crippen LogP contribution in [0.15, 0.2) is 34.1 Å². The van der Waals surface area contributed by atoms with Crippen LogP contribution in [0.5, 0.6) is 0 Å². The van der Waals surface area contributed by atoms with E-state index in [0.29, 0.717) is 0 Å². The van der Waals surface area contributed by atoms with Crippen LogP contribution in [0.2, 0.25) is 0 Å². The Balaban J connectivity index is 2.99. The molecule has 0 fully saturated rings. The van der Waals surface area contributed by atoms with Crippen molar-refractivity contribution in [2.24, 2.45) is 0 Å². The smallest absolute Gasteiger partial charge is 0.0175 e. The summed E-state index contributed by atoms with van der Waals surface area (Å²) in [6, 6.07) is 7.92. The molecule has 0 radical (unpaired) electrons. The van der Waals surface area contributed by atoms with E-state index in [2.05, 4.69) is 41.2 Å². The van der Waals surface area contributed by atoms with Crippen LogP contribution in [-0.4, -0.2) is 0 Å². The Kier molecular flexibility index (Phi) is 3.55. The lowest BCUT2D eigenvalue weighted by Gasteiger charge is -1.97. The molecule has 0 aliphatic heterocycles. The molecule has 0 aliphatic rings. The first-order valence-corrected chi connectivity index (χ1v) is 4.79. The summed E-state index contributed by atoms with van der Waals surface area (Å²) in [5.74, 6) is 0. The molecular weight excluding hydrogens is 240 g/mol. The summed E-state index contributed by atoms with van der Waals surface area (Å²) in [5.41, 5.74) is 1.08. The summed E-state index contributed by atoms with van der Waals surface area (Å²) in [6.45, 7) is 0. The average molecular weight is 247 g/mol. The first-order chi connectivity index (χ1) is 5.24. The first-order valence-electron chi connectivity index (χ1n) is 3.03. The third kappa shape index (κ3) is 2.58. The van der Waals surface area contributed by atoms with E-state index >= 15 is 0 Å². The minimum absolute atomic E-state index is 0.876.